The Bertz CT molecular complexity index is 769. The summed E-state index contributed by atoms with van der Waals surface area (Å²) >= 11 is 5.91. The van der Waals surface area contributed by atoms with Crippen molar-refractivity contribution in [1.82, 2.24) is 10.3 Å². The van der Waals surface area contributed by atoms with Crippen molar-refractivity contribution >= 4 is 23.7 Å². The number of carbonyl (C=O) groups is 1. The molecular formula is C20H22ClN3O2. The molecule has 3 rings (SSSR count). The molecule has 0 aliphatic carbocycles. The summed E-state index contributed by atoms with van der Waals surface area (Å²) in [5.41, 5.74) is 4.39. The topological polar surface area (TPSA) is 64.9 Å². The highest BCUT2D eigenvalue weighted by Gasteiger charge is 2.24. The van der Waals surface area contributed by atoms with Gasteiger partial charge in [0.1, 0.15) is 5.75 Å². The fraction of sp³-hybridized carbons (Fsp3) is 0.300. The van der Waals surface area contributed by atoms with Crippen molar-refractivity contribution < 1.29 is 9.90 Å². The summed E-state index contributed by atoms with van der Waals surface area (Å²) in [5.74, 6) is 0.0433. The molecule has 1 aliphatic heterocycles. The number of phenols is 1. The molecule has 0 aromatic heterocycles. The summed E-state index contributed by atoms with van der Waals surface area (Å²) in [4.78, 5) is 14.6. The molecule has 0 spiro atoms. The van der Waals surface area contributed by atoms with E-state index >= 15 is 0 Å². The van der Waals surface area contributed by atoms with Crippen LogP contribution in [0.5, 0.6) is 5.75 Å². The molecule has 26 heavy (non-hydrogen) atoms. The molecule has 2 N–H and O–H groups in total. The standard InChI is InChI=1S/C20H22ClN3O2/c21-18-7-5-15(6-8-18)14-24-11-9-16(10-12-24)20(26)23-22-13-17-3-1-2-4-19(17)25/h1-8,13,16,25H,9-12,14H2,(H,23,26)/b22-13-. The summed E-state index contributed by atoms with van der Waals surface area (Å²) in [6.07, 6.45) is 3.08. The molecule has 0 bridgehead atoms. The number of likely N-dealkylation sites (tertiary alicyclic amines) is 1. The Morgan fingerprint density at radius 3 is 2.58 bits per heavy atom. The van der Waals surface area contributed by atoms with Crippen molar-refractivity contribution in [3.63, 3.8) is 0 Å². The van der Waals surface area contributed by atoms with E-state index in [0.29, 0.717) is 5.56 Å². The van der Waals surface area contributed by atoms with Gasteiger partial charge in [-0.3, -0.25) is 9.69 Å². The number of nitrogens with zero attached hydrogens (tertiary/aromatic N) is 2. The summed E-state index contributed by atoms with van der Waals surface area (Å²) in [6.45, 7) is 2.63. The molecular weight excluding hydrogens is 350 g/mol. The highest BCUT2D eigenvalue weighted by atomic mass is 35.5. The van der Waals surface area contributed by atoms with Gasteiger partial charge in [-0.2, -0.15) is 5.10 Å². The van der Waals surface area contributed by atoms with E-state index in [-0.39, 0.29) is 17.6 Å². The predicted molar refractivity (Wildman–Crippen MR) is 103 cm³/mol. The lowest BCUT2D eigenvalue weighted by molar-refractivity contribution is -0.126. The van der Waals surface area contributed by atoms with Crippen LogP contribution in [-0.2, 0) is 11.3 Å². The van der Waals surface area contributed by atoms with Crippen LogP contribution in [0.4, 0.5) is 0 Å². The second kappa shape index (κ2) is 8.83. The van der Waals surface area contributed by atoms with Crippen LogP contribution in [0.15, 0.2) is 53.6 Å². The van der Waals surface area contributed by atoms with Crippen LogP contribution in [0, 0.1) is 5.92 Å². The molecule has 2 aromatic carbocycles. The van der Waals surface area contributed by atoms with E-state index in [1.807, 2.05) is 24.3 Å². The molecule has 0 radical (unpaired) electrons. The van der Waals surface area contributed by atoms with Gasteiger partial charge in [-0.05, 0) is 55.8 Å². The van der Waals surface area contributed by atoms with Crippen molar-refractivity contribution in [3.05, 3.63) is 64.7 Å². The first-order valence-corrected chi connectivity index (χ1v) is 9.07. The second-order valence-electron chi connectivity index (χ2n) is 6.47. The zero-order valence-electron chi connectivity index (χ0n) is 14.4. The van der Waals surface area contributed by atoms with Gasteiger partial charge in [-0.25, -0.2) is 5.43 Å². The first-order valence-electron chi connectivity index (χ1n) is 8.69. The first kappa shape index (κ1) is 18.4. The highest BCUT2D eigenvalue weighted by molar-refractivity contribution is 6.30. The number of hydrogen-bond acceptors (Lipinski definition) is 4. The van der Waals surface area contributed by atoms with Crippen molar-refractivity contribution in [2.45, 2.75) is 19.4 Å². The van der Waals surface area contributed by atoms with E-state index in [2.05, 4.69) is 15.4 Å². The lowest BCUT2D eigenvalue weighted by atomic mass is 9.96. The van der Waals surface area contributed by atoms with E-state index in [9.17, 15) is 9.90 Å². The Morgan fingerprint density at radius 1 is 1.19 bits per heavy atom. The number of halogens is 1. The predicted octanol–water partition coefficient (Wildman–Crippen LogP) is 3.41. The van der Waals surface area contributed by atoms with E-state index in [1.165, 1.54) is 11.8 Å². The minimum atomic E-state index is -0.0668. The Morgan fingerprint density at radius 2 is 1.88 bits per heavy atom. The fourth-order valence-electron chi connectivity index (χ4n) is 3.05. The maximum atomic E-state index is 12.3. The fourth-order valence-corrected chi connectivity index (χ4v) is 3.18. The zero-order chi connectivity index (χ0) is 18.4. The van der Waals surface area contributed by atoms with E-state index in [1.54, 1.807) is 24.3 Å². The number of amides is 1. The first-order chi connectivity index (χ1) is 12.6. The number of benzene rings is 2. The molecule has 1 amide bonds. The molecule has 0 unspecified atom stereocenters. The summed E-state index contributed by atoms with van der Waals surface area (Å²) in [7, 11) is 0. The number of aromatic hydroxyl groups is 1. The number of piperidine rings is 1. The van der Waals surface area contributed by atoms with Crippen molar-refractivity contribution in [2.24, 2.45) is 11.0 Å². The number of carbonyl (C=O) groups excluding carboxylic acids is 1. The SMILES string of the molecule is O=C(N/N=C\c1ccccc1O)C1CCN(Cc2ccc(Cl)cc2)CC1. The largest absolute Gasteiger partial charge is 0.507 e. The van der Waals surface area contributed by atoms with E-state index in [0.717, 1.165) is 37.5 Å². The minimum absolute atomic E-state index is 0.0296. The number of para-hydroxylation sites is 1. The monoisotopic (exact) mass is 371 g/mol. The minimum Gasteiger partial charge on any atom is -0.507 e. The quantitative estimate of drug-likeness (QED) is 0.625. The Balaban J connectivity index is 1.44. The number of hydrogen-bond donors (Lipinski definition) is 2. The molecule has 0 saturated carbocycles. The van der Waals surface area contributed by atoms with Gasteiger partial charge in [0.25, 0.3) is 0 Å². The molecule has 2 aromatic rings. The maximum absolute atomic E-state index is 12.3. The molecule has 1 aliphatic rings. The third-order valence-corrected chi connectivity index (χ3v) is 4.84. The maximum Gasteiger partial charge on any atom is 0.243 e. The van der Waals surface area contributed by atoms with Gasteiger partial charge in [0, 0.05) is 23.0 Å². The summed E-state index contributed by atoms with van der Waals surface area (Å²) in [6, 6.07) is 14.7. The molecule has 1 heterocycles. The zero-order valence-corrected chi connectivity index (χ0v) is 15.2. The molecule has 6 heteroatoms. The van der Waals surface area contributed by atoms with Crippen molar-refractivity contribution in [3.8, 4) is 5.75 Å². The Labute approximate surface area is 158 Å². The molecule has 5 nitrogen and oxygen atoms in total. The average Bonchev–Trinajstić information content (AvgIpc) is 2.66. The van der Waals surface area contributed by atoms with Gasteiger partial charge >= 0.3 is 0 Å². The van der Waals surface area contributed by atoms with Crippen LogP contribution in [0.2, 0.25) is 5.02 Å². The molecule has 0 atom stereocenters. The van der Waals surface area contributed by atoms with Gasteiger partial charge in [-0.1, -0.05) is 35.9 Å². The van der Waals surface area contributed by atoms with Crippen LogP contribution in [0.3, 0.4) is 0 Å². The van der Waals surface area contributed by atoms with Crippen LogP contribution >= 0.6 is 11.6 Å². The average molecular weight is 372 g/mol. The highest BCUT2D eigenvalue weighted by Crippen LogP contribution is 2.20. The van der Waals surface area contributed by atoms with Crippen molar-refractivity contribution in [1.29, 1.82) is 0 Å². The van der Waals surface area contributed by atoms with Crippen LogP contribution in [0.25, 0.3) is 0 Å². The number of phenolic OH excluding ortho intramolecular Hbond substituents is 1. The van der Waals surface area contributed by atoms with E-state index in [4.69, 9.17) is 11.6 Å². The Kier molecular flexibility index (Phi) is 6.26. The lowest BCUT2D eigenvalue weighted by Gasteiger charge is -2.30. The van der Waals surface area contributed by atoms with Crippen LogP contribution in [0.1, 0.15) is 24.0 Å². The third-order valence-electron chi connectivity index (χ3n) is 4.59. The number of rotatable bonds is 5. The molecule has 1 fully saturated rings. The van der Waals surface area contributed by atoms with Crippen LogP contribution < -0.4 is 5.43 Å². The van der Waals surface area contributed by atoms with E-state index < -0.39 is 0 Å². The van der Waals surface area contributed by atoms with Gasteiger partial charge in [0.05, 0.1) is 6.21 Å². The molecule has 136 valence electrons. The second-order valence-corrected chi connectivity index (χ2v) is 6.91. The van der Waals surface area contributed by atoms with Gasteiger partial charge < -0.3 is 5.11 Å². The van der Waals surface area contributed by atoms with Crippen LogP contribution in [-0.4, -0.2) is 35.2 Å². The normalized spacial score (nSPS) is 16.0. The Hall–Kier alpha value is -2.37. The summed E-state index contributed by atoms with van der Waals surface area (Å²) < 4.78 is 0. The van der Waals surface area contributed by atoms with Gasteiger partial charge in [0.2, 0.25) is 5.91 Å². The lowest BCUT2D eigenvalue weighted by Crippen LogP contribution is -2.39. The van der Waals surface area contributed by atoms with Crippen molar-refractivity contribution in [2.75, 3.05) is 13.1 Å². The number of nitrogens with one attached hydrogen (secondary N) is 1. The van der Waals surface area contributed by atoms with Gasteiger partial charge in [0.15, 0.2) is 0 Å². The van der Waals surface area contributed by atoms with Gasteiger partial charge in [-0.15, -0.1) is 0 Å². The third kappa shape index (κ3) is 5.07. The summed E-state index contributed by atoms with van der Waals surface area (Å²) in [5, 5.41) is 14.4. The number of hydrazone groups is 1. The smallest absolute Gasteiger partial charge is 0.243 e. The molecule has 1 saturated heterocycles.